The van der Waals surface area contributed by atoms with Gasteiger partial charge in [-0.3, -0.25) is 0 Å². The minimum absolute atomic E-state index is 0.0903. The van der Waals surface area contributed by atoms with Gasteiger partial charge in [-0.05, 0) is 32.3 Å². The van der Waals surface area contributed by atoms with Crippen LogP contribution >= 0.6 is 0 Å². The van der Waals surface area contributed by atoms with Gasteiger partial charge in [0.05, 0.1) is 12.7 Å². The van der Waals surface area contributed by atoms with Crippen LogP contribution in [0.15, 0.2) is 23.8 Å². The number of aliphatic hydroxyl groups excluding tert-OH is 2. The summed E-state index contributed by atoms with van der Waals surface area (Å²) < 4.78 is 0. The molecule has 0 saturated heterocycles. The lowest BCUT2D eigenvalue weighted by Crippen LogP contribution is -2.03. The van der Waals surface area contributed by atoms with Crippen molar-refractivity contribution in [1.29, 1.82) is 0 Å². The number of allylic oxidation sites excluding steroid dienone is 1. The monoisotopic (exact) mass is 170 g/mol. The van der Waals surface area contributed by atoms with Gasteiger partial charge >= 0.3 is 0 Å². The van der Waals surface area contributed by atoms with Gasteiger partial charge < -0.3 is 10.2 Å². The van der Waals surface area contributed by atoms with Gasteiger partial charge in [0.15, 0.2) is 0 Å². The van der Waals surface area contributed by atoms with Crippen LogP contribution in [0, 0.1) is 0 Å². The van der Waals surface area contributed by atoms with E-state index < -0.39 is 6.10 Å². The molecule has 0 aliphatic heterocycles. The summed E-state index contributed by atoms with van der Waals surface area (Å²) in [5.41, 5.74) is 1.99. The smallest absolute Gasteiger partial charge is 0.0719 e. The van der Waals surface area contributed by atoms with Crippen molar-refractivity contribution in [3.8, 4) is 0 Å². The Hall–Kier alpha value is -0.600. The van der Waals surface area contributed by atoms with Crippen molar-refractivity contribution >= 4 is 0 Å². The third kappa shape index (κ3) is 5.10. The number of aliphatic hydroxyl groups is 2. The van der Waals surface area contributed by atoms with Gasteiger partial charge in [-0.15, -0.1) is 0 Å². The van der Waals surface area contributed by atoms with Crippen LogP contribution in [-0.2, 0) is 0 Å². The molecule has 0 amide bonds. The Bertz CT molecular complexity index is 169. The quantitative estimate of drug-likeness (QED) is 0.616. The molecule has 0 spiro atoms. The lowest BCUT2D eigenvalue weighted by atomic mass is 10.0. The predicted octanol–water partition coefficient (Wildman–Crippen LogP) is 1.64. The normalized spacial score (nSPS) is 14.5. The molecule has 0 saturated carbocycles. The molecule has 2 heteroatoms. The van der Waals surface area contributed by atoms with E-state index in [0.717, 1.165) is 24.0 Å². The summed E-state index contributed by atoms with van der Waals surface area (Å²) in [6, 6.07) is 0. The van der Waals surface area contributed by atoms with Gasteiger partial charge in [-0.1, -0.05) is 18.2 Å². The SMILES string of the molecule is C=C(CCC(C)=CCO)C(C)O. The second-order valence-electron chi connectivity index (χ2n) is 3.07. The summed E-state index contributed by atoms with van der Waals surface area (Å²) in [6.07, 6.45) is 3.01. The van der Waals surface area contributed by atoms with E-state index in [2.05, 4.69) is 6.58 Å². The molecule has 12 heavy (non-hydrogen) atoms. The van der Waals surface area contributed by atoms with Crippen molar-refractivity contribution < 1.29 is 10.2 Å². The van der Waals surface area contributed by atoms with Crippen molar-refractivity contribution in [1.82, 2.24) is 0 Å². The van der Waals surface area contributed by atoms with Gasteiger partial charge in [0.2, 0.25) is 0 Å². The molecule has 2 nitrogen and oxygen atoms in total. The van der Waals surface area contributed by atoms with Gasteiger partial charge in [0.25, 0.3) is 0 Å². The fourth-order valence-corrected chi connectivity index (χ4v) is 0.825. The highest BCUT2D eigenvalue weighted by atomic mass is 16.3. The number of hydrogen-bond donors (Lipinski definition) is 2. The fraction of sp³-hybridized carbons (Fsp3) is 0.600. The molecule has 1 atom stereocenters. The first kappa shape index (κ1) is 11.4. The third-order valence-electron chi connectivity index (χ3n) is 1.87. The van der Waals surface area contributed by atoms with Gasteiger partial charge in [0, 0.05) is 0 Å². The molecule has 0 fully saturated rings. The third-order valence-corrected chi connectivity index (χ3v) is 1.87. The highest BCUT2D eigenvalue weighted by Crippen LogP contribution is 2.12. The lowest BCUT2D eigenvalue weighted by molar-refractivity contribution is 0.227. The van der Waals surface area contributed by atoms with Crippen LogP contribution in [-0.4, -0.2) is 22.9 Å². The van der Waals surface area contributed by atoms with Crippen LogP contribution in [0.1, 0.15) is 26.7 Å². The molecular formula is C10H18O2. The molecule has 0 aliphatic rings. The zero-order valence-corrected chi connectivity index (χ0v) is 7.88. The maximum absolute atomic E-state index is 9.10. The van der Waals surface area contributed by atoms with Crippen LogP contribution in [0.25, 0.3) is 0 Å². The Morgan fingerprint density at radius 2 is 2.08 bits per heavy atom. The first-order chi connectivity index (χ1) is 5.57. The lowest BCUT2D eigenvalue weighted by Gasteiger charge is -2.07. The maximum Gasteiger partial charge on any atom is 0.0719 e. The summed E-state index contributed by atoms with van der Waals surface area (Å²) in [5.74, 6) is 0. The molecule has 1 unspecified atom stereocenters. The maximum atomic E-state index is 9.10. The first-order valence-electron chi connectivity index (χ1n) is 4.20. The van der Waals surface area contributed by atoms with Crippen molar-refractivity contribution in [2.24, 2.45) is 0 Å². The van der Waals surface area contributed by atoms with Crippen LogP contribution < -0.4 is 0 Å². The molecule has 0 heterocycles. The van der Waals surface area contributed by atoms with E-state index in [9.17, 15) is 0 Å². The predicted molar refractivity (Wildman–Crippen MR) is 50.9 cm³/mol. The van der Waals surface area contributed by atoms with E-state index in [1.54, 1.807) is 13.0 Å². The Kier molecular flexibility index (Phi) is 5.68. The molecule has 2 N–H and O–H groups in total. The van der Waals surface area contributed by atoms with Crippen molar-refractivity contribution in [2.45, 2.75) is 32.8 Å². The average molecular weight is 170 g/mol. The molecule has 0 aromatic rings. The standard InChI is InChI=1S/C10H18O2/c1-8(6-7-11)4-5-9(2)10(3)12/h6,10-12H,2,4-5,7H2,1,3H3. The largest absolute Gasteiger partial charge is 0.392 e. The van der Waals surface area contributed by atoms with E-state index in [-0.39, 0.29) is 6.61 Å². The van der Waals surface area contributed by atoms with Gasteiger partial charge in [-0.25, -0.2) is 0 Å². The molecule has 0 aromatic carbocycles. The van der Waals surface area contributed by atoms with E-state index in [0.29, 0.717) is 0 Å². The van der Waals surface area contributed by atoms with E-state index in [1.807, 2.05) is 6.92 Å². The van der Waals surface area contributed by atoms with Crippen LogP contribution in [0.3, 0.4) is 0 Å². The topological polar surface area (TPSA) is 40.5 Å². The minimum atomic E-state index is -0.424. The Balaban J connectivity index is 3.69. The second-order valence-corrected chi connectivity index (χ2v) is 3.07. The minimum Gasteiger partial charge on any atom is -0.392 e. The summed E-state index contributed by atoms with van der Waals surface area (Å²) in [7, 11) is 0. The van der Waals surface area contributed by atoms with Gasteiger partial charge in [0.1, 0.15) is 0 Å². The van der Waals surface area contributed by atoms with E-state index in [4.69, 9.17) is 10.2 Å². The fourth-order valence-electron chi connectivity index (χ4n) is 0.825. The van der Waals surface area contributed by atoms with Crippen molar-refractivity contribution in [3.63, 3.8) is 0 Å². The number of hydrogen-bond acceptors (Lipinski definition) is 2. The zero-order valence-electron chi connectivity index (χ0n) is 7.88. The Morgan fingerprint density at radius 1 is 1.50 bits per heavy atom. The molecule has 0 bridgehead atoms. The number of rotatable bonds is 5. The summed E-state index contributed by atoms with van der Waals surface area (Å²) in [4.78, 5) is 0. The van der Waals surface area contributed by atoms with Gasteiger partial charge in [-0.2, -0.15) is 0 Å². The average Bonchev–Trinajstić information content (AvgIpc) is 2.00. The van der Waals surface area contributed by atoms with Crippen molar-refractivity contribution in [3.05, 3.63) is 23.8 Å². The van der Waals surface area contributed by atoms with Crippen molar-refractivity contribution in [2.75, 3.05) is 6.61 Å². The summed E-state index contributed by atoms with van der Waals surface area (Å²) in [6.45, 7) is 7.52. The van der Waals surface area contributed by atoms with E-state index >= 15 is 0 Å². The Labute approximate surface area is 74.2 Å². The molecule has 0 rings (SSSR count). The first-order valence-corrected chi connectivity index (χ1v) is 4.20. The van der Waals surface area contributed by atoms with Crippen LogP contribution in [0.2, 0.25) is 0 Å². The highest BCUT2D eigenvalue weighted by Gasteiger charge is 2.01. The second kappa shape index (κ2) is 5.98. The summed E-state index contributed by atoms with van der Waals surface area (Å²) in [5, 5.41) is 17.7. The summed E-state index contributed by atoms with van der Waals surface area (Å²) >= 11 is 0. The molecule has 0 aromatic heterocycles. The molecular weight excluding hydrogens is 152 g/mol. The molecule has 0 radical (unpaired) electrons. The van der Waals surface area contributed by atoms with Crippen LogP contribution in [0.5, 0.6) is 0 Å². The Morgan fingerprint density at radius 3 is 2.50 bits per heavy atom. The van der Waals surface area contributed by atoms with Crippen LogP contribution in [0.4, 0.5) is 0 Å². The van der Waals surface area contributed by atoms with E-state index in [1.165, 1.54) is 0 Å². The molecule has 0 aliphatic carbocycles. The zero-order chi connectivity index (χ0) is 9.56. The molecule has 70 valence electrons. The highest BCUT2D eigenvalue weighted by molar-refractivity contribution is 5.06.